The van der Waals surface area contributed by atoms with Crippen LogP contribution in [-0.2, 0) is 4.79 Å². The fourth-order valence-electron chi connectivity index (χ4n) is 2.11. The standard InChI is InChI=1S/C16H24N2O3/c1-4-8-12(3)17-16(19)11-21-15-10-7-6-9-13(15)14(5-2)18-20/h6-7,9-10,12,20H,4-5,8,11H2,1-3H3,(H,17,19). The summed E-state index contributed by atoms with van der Waals surface area (Å²) >= 11 is 0. The molecular formula is C16H24N2O3. The highest BCUT2D eigenvalue weighted by Crippen LogP contribution is 2.20. The Kier molecular flexibility index (Phi) is 7.29. The lowest BCUT2D eigenvalue weighted by Gasteiger charge is -2.14. The average molecular weight is 292 g/mol. The molecule has 0 aliphatic carbocycles. The number of nitrogens with zero attached hydrogens (tertiary/aromatic N) is 1. The van der Waals surface area contributed by atoms with Crippen LogP contribution in [0.2, 0.25) is 0 Å². The number of hydrogen-bond acceptors (Lipinski definition) is 4. The summed E-state index contributed by atoms with van der Waals surface area (Å²) in [5.74, 6) is 0.398. The molecule has 0 heterocycles. The van der Waals surface area contributed by atoms with Gasteiger partial charge in [-0.25, -0.2) is 0 Å². The van der Waals surface area contributed by atoms with E-state index in [1.54, 1.807) is 6.07 Å². The van der Waals surface area contributed by atoms with Crippen LogP contribution in [0.15, 0.2) is 29.4 Å². The fourth-order valence-corrected chi connectivity index (χ4v) is 2.11. The van der Waals surface area contributed by atoms with Crippen molar-refractivity contribution in [1.82, 2.24) is 5.32 Å². The van der Waals surface area contributed by atoms with E-state index in [0.717, 1.165) is 12.8 Å². The molecule has 1 aromatic carbocycles. The summed E-state index contributed by atoms with van der Waals surface area (Å²) in [6, 6.07) is 7.38. The first-order chi connectivity index (χ1) is 10.1. The first-order valence-electron chi connectivity index (χ1n) is 7.34. The first-order valence-corrected chi connectivity index (χ1v) is 7.34. The molecule has 1 amide bonds. The molecule has 0 radical (unpaired) electrons. The van der Waals surface area contributed by atoms with Gasteiger partial charge in [-0.2, -0.15) is 0 Å². The quantitative estimate of drug-likeness (QED) is 0.439. The zero-order valence-corrected chi connectivity index (χ0v) is 12.9. The summed E-state index contributed by atoms with van der Waals surface area (Å²) in [7, 11) is 0. The van der Waals surface area contributed by atoms with Crippen molar-refractivity contribution in [1.29, 1.82) is 0 Å². The molecule has 1 rings (SSSR count). The number of nitrogens with one attached hydrogen (secondary N) is 1. The maximum Gasteiger partial charge on any atom is 0.258 e. The topological polar surface area (TPSA) is 70.9 Å². The van der Waals surface area contributed by atoms with Crippen molar-refractivity contribution in [2.45, 2.75) is 46.1 Å². The Hall–Kier alpha value is -2.04. The van der Waals surface area contributed by atoms with Gasteiger partial charge >= 0.3 is 0 Å². The third-order valence-electron chi connectivity index (χ3n) is 3.14. The molecule has 0 saturated heterocycles. The molecule has 5 nitrogen and oxygen atoms in total. The van der Waals surface area contributed by atoms with Gasteiger partial charge in [-0.1, -0.05) is 37.6 Å². The van der Waals surface area contributed by atoms with E-state index < -0.39 is 0 Å². The molecule has 0 aromatic heterocycles. The lowest BCUT2D eigenvalue weighted by atomic mass is 10.1. The van der Waals surface area contributed by atoms with E-state index in [9.17, 15) is 4.79 Å². The first kappa shape index (κ1) is 17.0. The van der Waals surface area contributed by atoms with Gasteiger partial charge in [-0.05, 0) is 31.9 Å². The highest BCUT2D eigenvalue weighted by molar-refractivity contribution is 6.02. The Morgan fingerprint density at radius 1 is 1.38 bits per heavy atom. The molecule has 2 N–H and O–H groups in total. The van der Waals surface area contributed by atoms with Crippen LogP contribution in [0.4, 0.5) is 0 Å². The second-order valence-corrected chi connectivity index (χ2v) is 4.94. The molecule has 0 bridgehead atoms. The summed E-state index contributed by atoms with van der Waals surface area (Å²) < 4.78 is 5.56. The predicted octanol–water partition coefficient (Wildman–Crippen LogP) is 2.96. The highest BCUT2D eigenvalue weighted by atomic mass is 16.5. The normalized spacial score (nSPS) is 12.8. The largest absolute Gasteiger partial charge is 0.483 e. The third-order valence-corrected chi connectivity index (χ3v) is 3.14. The fraction of sp³-hybridized carbons (Fsp3) is 0.500. The van der Waals surface area contributed by atoms with E-state index in [0.29, 0.717) is 23.4 Å². The van der Waals surface area contributed by atoms with Crippen molar-refractivity contribution in [3.63, 3.8) is 0 Å². The van der Waals surface area contributed by atoms with E-state index in [2.05, 4.69) is 17.4 Å². The second-order valence-electron chi connectivity index (χ2n) is 4.94. The minimum absolute atomic E-state index is 0.0481. The molecule has 1 unspecified atom stereocenters. The maximum absolute atomic E-state index is 11.8. The number of ether oxygens (including phenoxy) is 1. The summed E-state index contributed by atoms with van der Waals surface area (Å²) in [6.07, 6.45) is 2.55. The van der Waals surface area contributed by atoms with Gasteiger partial charge in [0.15, 0.2) is 6.61 Å². The van der Waals surface area contributed by atoms with Crippen molar-refractivity contribution in [3.05, 3.63) is 29.8 Å². The van der Waals surface area contributed by atoms with E-state index in [1.165, 1.54) is 0 Å². The zero-order chi connectivity index (χ0) is 15.7. The predicted molar refractivity (Wildman–Crippen MR) is 83.1 cm³/mol. The number of amides is 1. The van der Waals surface area contributed by atoms with Crippen molar-refractivity contribution in [3.8, 4) is 5.75 Å². The van der Waals surface area contributed by atoms with Crippen molar-refractivity contribution < 1.29 is 14.7 Å². The Balaban J connectivity index is 2.65. The number of para-hydroxylation sites is 1. The van der Waals surface area contributed by atoms with Crippen LogP contribution in [-0.4, -0.2) is 29.5 Å². The SMILES string of the molecule is CCCC(C)NC(=O)COc1ccccc1C(CC)=NO. The Labute approximate surface area is 126 Å². The summed E-state index contributed by atoms with van der Waals surface area (Å²) in [4.78, 5) is 11.8. The highest BCUT2D eigenvalue weighted by Gasteiger charge is 2.12. The van der Waals surface area contributed by atoms with Gasteiger partial charge in [-0.15, -0.1) is 0 Å². The van der Waals surface area contributed by atoms with Gasteiger partial charge in [0.05, 0.1) is 5.71 Å². The maximum atomic E-state index is 11.8. The smallest absolute Gasteiger partial charge is 0.258 e. The van der Waals surface area contributed by atoms with Crippen molar-refractivity contribution >= 4 is 11.6 Å². The molecule has 0 spiro atoms. The Morgan fingerprint density at radius 3 is 2.71 bits per heavy atom. The average Bonchev–Trinajstić information content (AvgIpc) is 2.47. The van der Waals surface area contributed by atoms with E-state index in [1.807, 2.05) is 32.0 Å². The molecule has 1 aromatic rings. The number of carbonyl (C=O) groups is 1. The molecule has 0 fully saturated rings. The molecule has 1 atom stereocenters. The number of rotatable bonds is 8. The number of benzene rings is 1. The minimum atomic E-state index is -0.148. The van der Waals surface area contributed by atoms with Gasteiger partial charge in [0.2, 0.25) is 0 Å². The molecule has 0 saturated carbocycles. The van der Waals surface area contributed by atoms with Crippen LogP contribution in [0.25, 0.3) is 0 Å². The molecule has 21 heavy (non-hydrogen) atoms. The van der Waals surface area contributed by atoms with Gasteiger partial charge in [-0.3, -0.25) is 4.79 Å². The number of hydrogen-bond donors (Lipinski definition) is 2. The zero-order valence-electron chi connectivity index (χ0n) is 12.9. The molecule has 0 aliphatic heterocycles. The molecule has 116 valence electrons. The van der Waals surface area contributed by atoms with Crippen molar-refractivity contribution in [2.75, 3.05) is 6.61 Å². The lowest BCUT2D eigenvalue weighted by molar-refractivity contribution is -0.123. The van der Waals surface area contributed by atoms with Gasteiger partial charge in [0.1, 0.15) is 5.75 Å². The van der Waals surface area contributed by atoms with Crippen LogP contribution in [0, 0.1) is 0 Å². The van der Waals surface area contributed by atoms with E-state index >= 15 is 0 Å². The second kappa shape index (κ2) is 9.00. The summed E-state index contributed by atoms with van der Waals surface area (Å²) in [5.41, 5.74) is 1.24. The lowest BCUT2D eigenvalue weighted by Crippen LogP contribution is -2.36. The summed E-state index contributed by atoms with van der Waals surface area (Å²) in [5, 5.41) is 15.2. The van der Waals surface area contributed by atoms with Crippen LogP contribution < -0.4 is 10.1 Å². The van der Waals surface area contributed by atoms with Gasteiger partial charge in [0, 0.05) is 11.6 Å². The van der Waals surface area contributed by atoms with Crippen LogP contribution >= 0.6 is 0 Å². The third kappa shape index (κ3) is 5.45. The van der Waals surface area contributed by atoms with Crippen LogP contribution in [0.1, 0.15) is 45.6 Å². The number of carbonyl (C=O) groups excluding carboxylic acids is 1. The summed E-state index contributed by atoms with van der Waals surface area (Å²) in [6.45, 7) is 5.90. The van der Waals surface area contributed by atoms with Crippen molar-refractivity contribution in [2.24, 2.45) is 5.16 Å². The molecule has 0 aliphatic rings. The van der Waals surface area contributed by atoms with Crippen LogP contribution in [0.5, 0.6) is 5.75 Å². The Morgan fingerprint density at radius 2 is 2.10 bits per heavy atom. The van der Waals surface area contributed by atoms with E-state index in [4.69, 9.17) is 9.94 Å². The van der Waals surface area contributed by atoms with Crippen LogP contribution in [0.3, 0.4) is 0 Å². The monoisotopic (exact) mass is 292 g/mol. The van der Waals surface area contributed by atoms with Gasteiger partial charge in [0.25, 0.3) is 5.91 Å². The number of oxime groups is 1. The van der Waals surface area contributed by atoms with Gasteiger partial charge < -0.3 is 15.3 Å². The molecule has 5 heteroatoms. The Bertz CT molecular complexity index is 486. The minimum Gasteiger partial charge on any atom is -0.483 e. The molecular weight excluding hydrogens is 268 g/mol. The van der Waals surface area contributed by atoms with E-state index in [-0.39, 0.29) is 18.6 Å².